The van der Waals surface area contributed by atoms with Crippen LogP contribution in [0.4, 0.5) is 0 Å². The Morgan fingerprint density at radius 1 is 1.20 bits per heavy atom. The van der Waals surface area contributed by atoms with Crippen LogP contribution in [-0.4, -0.2) is 4.57 Å². The molecule has 1 nitrogen and oxygen atoms in total. The van der Waals surface area contributed by atoms with Gasteiger partial charge in [0.15, 0.2) is 0 Å². The van der Waals surface area contributed by atoms with Gasteiger partial charge >= 0.3 is 19.5 Å². The topological polar surface area (TPSA) is 4.93 Å². The van der Waals surface area contributed by atoms with Crippen molar-refractivity contribution in [3.05, 3.63) is 23.0 Å². The Kier molecular flexibility index (Phi) is 3.31. The van der Waals surface area contributed by atoms with Gasteiger partial charge in [-0.3, -0.25) is 0 Å². The monoisotopic (exact) mass is 224 g/mol. The fourth-order valence-electron chi connectivity index (χ4n) is 0.942. The maximum Gasteiger partial charge on any atom is 1.00 e. The predicted octanol–water partition coefficient (Wildman–Crippen LogP) is 1.75. The van der Waals surface area contributed by atoms with Crippen LogP contribution in [-0.2, 0) is 26.5 Å². The quantitative estimate of drug-likeness (QED) is 0.466. The summed E-state index contributed by atoms with van der Waals surface area (Å²) in [5.74, 6) is 0. The number of hydrogen-bond acceptors (Lipinski definition) is 0. The van der Waals surface area contributed by atoms with E-state index in [0.29, 0.717) is 0 Å². The van der Waals surface area contributed by atoms with E-state index in [1.807, 2.05) is 11.6 Å². The minimum absolute atomic E-state index is 0. The molecular weight excluding hydrogens is 211 g/mol. The van der Waals surface area contributed by atoms with Crippen molar-refractivity contribution in [3.63, 3.8) is 0 Å². The Labute approximate surface area is 75.2 Å². The first-order valence-electron chi connectivity index (χ1n) is 3.14. The molecule has 0 saturated heterocycles. The van der Waals surface area contributed by atoms with Crippen LogP contribution in [0.15, 0.2) is 0 Å². The number of rotatable bonds is 0. The molecule has 0 aliphatic carbocycles. The Bertz CT molecular complexity index is 203. The molecule has 0 aromatic carbocycles. The molecule has 0 aliphatic rings. The molecule has 10 heavy (non-hydrogen) atoms. The second kappa shape index (κ2) is 3.34. The van der Waals surface area contributed by atoms with E-state index in [1.165, 1.54) is 16.8 Å². The normalized spacial score (nSPS) is 9.20. The molecule has 1 radical (unpaired) electrons. The van der Waals surface area contributed by atoms with Gasteiger partial charge in [-0.25, -0.2) is 0 Å². The number of hydrogen-bond donors (Lipinski definition) is 0. The van der Waals surface area contributed by atoms with Gasteiger partial charge in [0.05, 0.1) is 0 Å². The first kappa shape index (κ1) is 9.90. The molecule has 1 aromatic rings. The van der Waals surface area contributed by atoms with Gasteiger partial charge in [0, 0.05) is 0 Å². The Morgan fingerprint density at radius 3 is 1.80 bits per heavy atom. The molecule has 2 heteroatoms. The van der Waals surface area contributed by atoms with Crippen molar-refractivity contribution >= 4 is 0 Å². The largest absolute Gasteiger partial charge is 1.00 e. The summed E-state index contributed by atoms with van der Waals surface area (Å²) in [6.45, 7) is 6.32. The predicted molar refractivity (Wildman–Crippen MR) is 38.5 cm³/mol. The van der Waals surface area contributed by atoms with E-state index in [1.54, 1.807) is 0 Å². The van der Waals surface area contributed by atoms with E-state index >= 15 is 0 Å². The third-order valence-corrected chi connectivity index (χ3v) is 1.94. The van der Waals surface area contributed by atoms with E-state index in [0.717, 1.165) is 0 Å². The second-order valence-corrected chi connectivity index (χ2v) is 2.51. The summed E-state index contributed by atoms with van der Waals surface area (Å²) in [5, 5.41) is 0. The van der Waals surface area contributed by atoms with Crippen molar-refractivity contribution in [2.24, 2.45) is 7.05 Å². The SMILES string of the molecule is Cc1[c-]n(C)c(C)c1C.[Ru+]. The average molecular weight is 223 g/mol. The summed E-state index contributed by atoms with van der Waals surface area (Å²) in [6.07, 6.45) is 3.19. The minimum atomic E-state index is 0. The van der Waals surface area contributed by atoms with E-state index in [9.17, 15) is 0 Å². The molecule has 0 amide bonds. The van der Waals surface area contributed by atoms with Crippen LogP contribution < -0.4 is 0 Å². The van der Waals surface area contributed by atoms with Gasteiger partial charge in [0.1, 0.15) is 0 Å². The molecule has 0 aliphatic heterocycles. The molecule has 0 bridgehead atoms. The van der Waals surface area contributed by atoms with Crippen molar-refractivity contribution in [2.45, 2.75) is 20.8 Å². The standard InChI is InChI=1S/C8H12N.Ru/c1-6-5-9(4)8(3)7(6)2;/h1-4H3;/q-1;+1. The van der Waals surface area contributed by atoms with E-state index in [-0.39, 0.29) is 19.5 Å². The van der Waals surface area contributed by atoms with Gasteiger partial charge < -0.3 is 4.57 Å². The van der Waals surface area contributed by atoms with E-state index in [4.69, 9.17) is 0 Å². The third-order valence-electron chi connectivity index (χ3n) is 1.94. The Morgan fingerprint density at radius 2 is 1.70 bits per heavy atom. The first-order chi connectivity index (χ1) is 4.13. The van der Waals surface area contributed by atoms with E-state index < -0.39 is 0 Å². The zero-order chi connectivity index (χ0) is 7.02. The minimum Gasteiger partial charge on any atom is -0.470 e. The first-order valence-corrected chi connectivity index (χ1v) is 3.14. The number of aromatic nitrogens is 1. The summed E-state index contributed by atoms with van der Waals surface area (Å²) in [7, 11) is 2.02. The van der Waals surface area contributed by atoms with Crippen molar-refractivity contribution < 1.29 is 19.5 Å². The molecule has 57 valence electrons. The van der Waals surface area contributed by atoms with Gasteiger partial charge in [0.25, 0.3) is 0 Å². The zero-order valence-electron chi connectivity index (χ0n) is 6.80. The molecule has 0 unspecified atom stereocenters. The zero-order valence-corrected chi connectivity index (χ0v) is 8.54. The van der Waals surface area contributed by atoms with Gasteiger partial charge in [-0.1, -0.05) is 20.8 Å². The van der Waals surface area contributed by atoms with Crippen LogP contribution in [0.1, 0.15) is 16.8 Å². The molecule has 0 atom stereocenters. The number of aryl methyl sites for hydroxylation is 2. The maximum absolute atomic E-state index is 3.19. The Hall–Kier alpha value is -0.0966. The van der Waals surface area contributed by atoms with E-state index in [2.05, 4.69) is 27.0 Å². The van der Waals surface area contributed by atoms with Gasteiger partial charge in [-0.15, -0.1) is 11.9 Å². The second-order valence-electron chi connectivity index (χ2n) is 2.51. The summed E-state index contributed by atoms with van der Waals surface area (Å²) in [4.78, 5) is 0. The van der Waals surface area contributed by atoms with Crippen LogP contribution in [0.5, 0.6) is 0 Å². The van der Waals surface area contributed by atoms with Crippen molar-refractivity contribution in [3.8, 4) is 0 Å². The van der Waals surface area contributed by atoms with Gasteiger partial charge in [0.2, 0.25) is 0 Å². The maximum atomic E-state index is 3.19. The van der Waals surface area contributed by atoms with Gasteiger partial charge in [-0.05, 0) is 7.05 Å². The number of nitrogens with zero attached hydrogens (tertiary/aromatic N) is 1. The van der Waals surface area contributed by atoms with Crippen molar-refractivity contribution in [1.82, 2.24) is 4.57 Å². The molecule has 0 N–H and O–H groups in total. The summed E-state index contributed by atoms with van der Waals surface area (Å²) in [6, 6.07) is 0. The summed E-state index contributed by atoms with van der Waals surface area (Å²) >= 11 is 0. The summed E-state index contributed by atoms with van der Waals surface area (Å²) < 4.78 is 2.03. The third kappa shape index (κ3) is 1.49. The van der Waals surface area contributed by atoms with Crippen molar-refractivity contribution in [1.29, 1.82) is 0 Å². The molecular formula is C8H12NRu. The molecule has 0 saturated carbocycles. The van der Waals surface area contributed by atoms with Crippen LogP contribution >= 0.6 is 0 Å². The van der Waals surface area contributed by atoms with Crippen molar-refractivity contribution in [2.75, 3.05) is 0 Å². The molecule has 0 spiro atoms. The van der Waals surface area contributed by atoms with Crippen LogP contribution in [0.3, 0.4) is 0 Å². The van der Waals surface area contributed by atoms with Crippen LogP contribution in [0.2, 0.25) is 0 Å². The molecule has 1 rings (SSSR count). The summed E-state index contributed by atoms with van der Waals surface area (Å²) in [5.41, 5.74) is 3.93. The van der Waals surface area contributed by atoms with Gasteiger partial charge in [-0.2, -0.15) is 11.1 Å². The van der Waals surface area contributed by atoms with Crippen LogP contribution in [0.25, 0.3) is 0 Å². The Balaban J connectivity index is 0.000000810. The average Bonchev–Trinajstić information content (AvgIpc) is 1.98. The molecule has 1 heterocycles. The smallest absolute Gasteiger partial charge is 0.470 e. The fraction of sp³-hybridized carbons (Fsp3) is 0.500. The van der Waals surface area contributed by atoms with Crippen LogP contribution in [0, 0.1) is 27.0 Å². The molecule has 1 aromatic heterocycles. The fourth-order valence-corrected chi connectivity index (χ4v) is 0.942. The molecule has 0 fully saturated rings.